The molecule has 0 spiro atoms. The van der Waals surface area contributed by atoms with Crippen LogP contribution in [0.5, 0.6) is 5.75 Å². The molecule has 2 aromatic carbocycles. The van der Waals surface area contributed by atoms with E-state index in [1.54, 1.807) is 18.2 Å². The van der Waals surface area contributed by atoms with Crippen molar-refractivity contribution in [2.75, 3.05) is 7.11 Å². The predicted octanol–water partition coefficient (Wildman–Crippen LogP) is 6.99. The van der Waals surface area contributed by atoms with E-state index >= 15 is 0 Å². The van der Waals surface area contributed by atoms with Gasteiger partial charge in [-0.25, -0.2) is 4.39 Å². The molecule has 5 rings (SSSR count). The minimum absolute atomic E-state index is 0.0557. The Morgan fingerprint density at radius 2 is 1.86 bits per heavy atom. The lowest BCUT2D eigenvalue weighted by molar-refractivity contribution is -0.137. The van der Waals surface area contributed by atoms with Gasteiger partial charge in [0.15, 0.2) is 5.78 Å². The number of H-pyrrole nitrogens is 1. The summed E-state index contributed by atoms with van der Waals surface area (Å²) >= 11 is 7.36. The summed E-state index contributed by atoms with van der Waals surface area (Å²) in [5.74, 6) is -1.17. The number of fused-ring (bicyclic) bond motifs is 2. The molecule has 0 aliphatic heterocycles. The average Bonchev–Trinajstić information content (AvgIpc) is 3.28. The fourth-order valence-electron chi connectivity index (χ4n) is 4.40. The Bertz CT molecular complexity index is 1560. The van der Waals surface area contributed by atoms with Gasteiger partial charge in [0.25, 0.3) is 0 Å². The van der Waals surface area contributed by atoms with Crippen molar-refractivity contribution in [2.45, 2.75) is 24.9 Å². The van der Waals surface area contributed by atoms with Gasteiger partial charge in [-0.3, -0.25) is 9.59 Å². The topological polar surface area (TPSA) is 59.2 Å². The Hall–Kier alpha value is -3.17. The van der Waals surface area contributed by atoms with Gasteiger partial charge in [-0.2, -0.15) is 13.2 Å². The first-order valence-electron chi connectivity index (χ1n) is 10.5. The molecule has 1 aliphatic carbocycles. The number of hydrogen-bond acceptors (Lipinski definition) is 4. The molecule has 0 radical (unpaired) electrons. The van der Waals surface area contributed by atoms with Crippen LogP contribution in [0.3, 0.4) is 0 Å². The Morgan fingerprint density at radius 1 is 1.09 bits per heavy atom. The molecular weight excluding hydrogens is 506 g/mol. The predicted molar refractivity (Wildman–Crippen MR) is 126 cm³/mol. The third-order valence-corrected chi connectivity index (χ3v) is 7.68. The maximum Gasteiger partial charge on any atom is 0.416 e. The summed E-state index contributed by atoms with van der Waals surface area (Å²) in [6, 6.07) is 8.86. The lowest BCUT2D eigenvalue weighted by Crippen LogP contribution is -2.27. The van der Waals surface area contributed by atoms with Crippen molar-refractivity contribution in [3.05, 3.63) is 85.2 Å². The number of alkyl halides is 3. The number of methoxy groups -OCH3 is 1. The number of nitrogens with one attached hydrogen (secondary N) is 1. The van der Waals surface area contributed by atoms with Crippen LogP contribution >= 0.6 is 22.9 Å². The van der Waals surface area contributed by atoms with E-state index < -0.39 is 23.0 Å². The highest BCUT2D eigenvalue weighted by Gasteiger charge is 2.33. The number of rotatable bonds is 3. The van der Waals surface area contributed by atoms with Crippen molar-refractivity contribution in [1.82, 2.24) is 4.98 Å². The van der Waals surface area contributed by atoms with E-state index in [-0.39, 0.29) is 39.7 Å². The van der Waals surface area contributed by atoms with Gasteiger partial charge in [0, 0.05) is 44.8 Å². The monoisotopic (exact) mass is 521 g/mol. The van der Waals surface area contributed by atoms with Crippen molar-refractivity contribution in [3.8, 4) is 16.2 Å². The standard InChI is InChI=1S/C25H16ClF4NO3S/c1-34-20-10-17-14(9-15(20)26)24(33)23-18(31-17)6-11(7-19(23)32)21-4-5-22(35-21)13-3-2-12(8-16(13)27)25(28,29)30/h2-5,8-11H,6-7H2,1H3,(H,31,33). The third-order valence-electron chi connectivity index (χ3n) is 6.10. The van der Waals surface area contributed by atoms with Gasteiger partial charge in [0.1, 0.15) is 11.6 Å². The highest BCUT2D eigenvalue weighted by atomic mass is 35.5. The molecule has 0 saturated carbocycles. The number of benzene rings is 2. The van der Waals surface area contributed by atoms with Gasteiger partial charge in [-0.15, -0.1) is 11.3 Å². The molecule has 0 amide bonds. The van der Waals surface area contributed by atoms with Crippen molar-refractivity contribution in [1.29, 1.82) is 0 Å². The maximum atomic E-state index is 14.5. The SMILES string of the molecule is COc1cc2[nH]c3c(c(=O)c2cc1Cl)C(=O)CC(c1ccc(-c2ccc(C(F)(F)F)cc2F)s1)C3. The molecule has 2 aromatic heterocycles. The van der Waals surface area contributed by atoms with E-state index in [1.807, 2.05) is 0 Å². The summed E-state index contributed by atoms with van der Waals surface area (Å²) in [6.45, 7) is 0. The van der Waals surface area contributed by atoms with Gasteiger partial charge in [0.2, 0.25) is 5.43 Å². The van der Waals surface area contributed by atoms with Crippen LogP contribution in [0.25, 0.3) is 21.3 Å². The molecule has 1 N–H and O–H groups in total. The Labute approximate surface area is 205 Å². The summed E-state index contributed by atoms with van der Waals surface area (Å²) in [4.78, 5) is 30.4. The smallest absolute Gasteiger partial charge is 0.416 e. The van der Waals surface area contributed by atoms with E-state index in [2.05, 4.69) is 4.98 Å². The summed E-state index contributed by atoms with van der Waals surface area (Å²) < 4.78 is 58.3. The number of carbonyl (C=O) groups excluding carboxylic acids is 1. The highest BCUT2D eigenvalue weighted by molar-refractivity contribution is 7.15. The molecule has 0 saturated heterocycles. The van der Waals surface area contributed by atoms with Crippen LogP contribution in [-0.4, -0.2) is 17.9 Å². The first-order valence-corrected chi connectivity index (χ1v) is 11.7. The number of hydrogen-bond donors (Lipinski definition) is 1. The number of Topliss-reactive ketones (excluding diaryl/α,β-unsaturated/α-hetero) is 1. The zero-order valence-electron chi connectivity index (χ0n) is 18.1. The zero-order valence-corrected chi connectivity index (χ0v) is 19.6. The first-order chi connectivity index (χ1) is 16.6. The summed E-state index contributed by atoms with van der Waals surface area (Å²) in [5, 5.41) is 0.547. The molecule has 10 heteroatoms. The van der Waals surface area contributed by atoms with E-state index in [1.165, 1.54) is 24.5 Å². The van der Waals surface area contributed by atoms with Crippen molar-refractivity contribution < 1.29 is 27.1 Å². The largest absolute Gasteiger partial charge is 0.495 e. The van der Waals surface area contributed by atoms with Crippen LogP contribution in [0, 0.1) is 5.82 Å². The Kier molecular flexibility index (Phi) is 5.72. The lowest BCUT2D eigenvalue weighted by Gasteiger charge is -2.23. The Balaban J connectivity index is 1.50. The van der Waals surface area contributed by atoms with Crippen molar-refractivity contribution in [2.24, 2.45) is 0 Å². The fourth-order valence-corrected chi connectivity index (χ4v) is 5.78. The number of ether oxygens (including phenoxy) is 1. The van der Waals surface area contributed by atoms with Crippen molar-refractivity contribution in [3.63, 3.8) is 0 Å². The molecule has 4 nitrogen and oxygen atoms in total. The molecule has 1 unspecified atom stereocenters. The van der Waals surface area contributed by atoms with Gasteiger partial charge in [-0.05, 0) is 36.8 Å². The molecule has 2 heterocycles. The number of halogens is 5. The van der Waals surface area contributed by atoms with Crippen LogP contribution in [0.1, 0.15) is 38.8 Å². The Morgan fingerprint density at radius 3 is 2.54 bits per heavy atom. The minimum atomic E-state index is -4.63. The van der Waals surface area contributed by atoms with Gasteiger partial charge >= 0.3 is 6.18 Å². The number of carbonyl (C=O) groups is 1. The van der Waals surface area contributed by atoms with Crippen LogP contribution < -0.4 is 10.2 Å². The lowest BCUT2D eigenvalue weighted by atomic mass is 9.84. The molecule has 35 heavy (non-hydrogen) atoms. The third kappa shape index (κ3) is 4.12. The van der Waals surface area contributed by atoms with E-state index in [4.69, 9.17) is 16.3 Å². The number of aromatic amines is 1. The quantitative estimate of drug-likeness (QED) is 0.296. The van der Waals surface area contributed by atoms with E-state index in [0.717, 1.165) is 17.0 Å². The van der Waals surface area contributed by atoms with Crippen LogP contribution in [0.4, 0.5) is 17.6 Å². The molecule has 0 fully saturated rings. The second kappa shape index (κ2) is 8.49. The van der Waals surface area contributed by atoms with Gasteiger partial charge in [0.05, 0.1) is 28.8 Å². The van der Waals surface area contributed by atoms with E-state index in [9.17, 15) is 27.2 Å². The minimum Gasteiger partial charge on any atom is -0.495 e. The average molecular weight is 522 g/mol. The number of pyridine rings is 1. The molecule has 4 aromatic rings. The molecule has 1 aliphatic rings. The second-order valence-corrected chi connectivity index (χ2v) is 9.79. The summed E-state index contributed by atoms with van der Waals surface area (Å²) in [5.41, 5.74) is -0.328. The fraction of sp³-hybridized carbons (Fsp3) is 0.200. The van der Waals surface area contributed by atoms with Crippen LogP contribution in [0.2, 0.25) is 5.02 Å². The van der Waals surface area contributed by atoms with E-state index in [0.29, 0.717) is 34.3 Å². The zero-order chi connectivity index (χ0) is 25.1. The number of aromatic nitrogens is 1. The van der Waals surface area contributed by atoms with Crippen LogP contribution in [-0.2, 0) is 12.6 Å². The molecule has 1 atom stereocenters. The van der Waals surface area contributed by atoms with Gasteiger partial charge in [-0.1, -0.05) is 17.7 Å². The summed E-state index contributed by atoms with van der Waals surface area (Å²) in [6.07, 6.45) is -4.18. The summed E-state index contributed by atoms with van der Waals surface area (Å²) in [7, 11) is 1.46. The highest BCUT2D eigenvalue weighted by Crippen LogP contribution is 2.40. The normalized spacial score (nSPS) is 15.9. The maximum absolute atomic E-state index is 14.5. The number of ketones is 1. The molecule has 0 bridgehead atoms. The number of thiophene rings is 1. The second-order valence-electron chi connectivity index (χ2n) is 8.26. The van der Waals surface area contributed by atoms with Gasteiger partial charge < -0.3 is 9.72 Å². The van der Waals surface area contributed by atoms with Crippen LogP contribution in [0.15, 0.2) is 47.3 Å². The molecular formula is C25H16ClF4NO3S. The van der Waals surface area contributed by atoms with Crippen molar-refractivity contribution >= 4 is 39.6 Å². The molecule has 180 valence electrons. The first kappa shape index (κ1) is 23.6.